The maximum atomic E-state index is 9.74. The second-order valence-corrected chi connectivity index (χ2v) is 3.98. The van der Waals surface area contributed by atoms with Crippen LogP contribution in [0.15, 0.2) is 22.7 Å². The molecule has 0 amide bonds. The van der Waals surface area contributed by atoms with Gasteiger partial charge in [-0.2, -0.15) is 0 Å². The molecule has 0 saturated heterocycles. The summed E-state index contributed by atoms with van der Waals surface area (Å²) in [6.45, 7) is 0.0883. The minimum Gasteiger partial charge on any atom is -0.398 e. The highest BCUT2D eigenvalue weighted by molar-refractivity contribution is 9.10. The number of hydrogen-bond donors (Lipinski definition) is 3. The Morgan fingerprint density at radius 3 is 2.79 bits per heavy atom. The molecule has 0 aliphatic carbocycles. The summed E-state index contributed by atoms with van der Waals surface area (Å²) in [4.78, 5) is 0. The second kappa shape index (κ2) is 5.34. The zero-order chi connectivity index (χ0) is 10.6. The number of hydrogen-bond acceptors (Lipinski definition) is 3. The van der Waals surface area contributed by atoms with Gasteiger partial charge in [-0.1, -0.05) is 12.1 Å². The molecule has 1 atom stereocenters. The summed E-state index contributed by atoms with van der Waals surface area (Å²) in [5, 5.41) is 18.4. The van der Waals surface area contributed by atoms with Gasteiger partial charge in [0.05, 0.1) is 11.8 Å². The molecule has 0 radical (unpaired) electrons. The van der Waals surface area contributed by atoms with Gasteiger partial charge < -0.3 is 15.9 Å². The largest absolute Gasteiger partial charge is 0.398 e. The number of rotatable bonds is 4. The molecule has 1 unspecified atom stereocenters. The van der Waals surface area contributed by atoms with Gasteiger partial charge in [0.25, 0.3) is 0 Å². The van der Waals surface area contributed by atoms with Crippen molar-refractivity contribution in [3.63, 3.8) is 0 Å². The molecule has 78 valence electrons. The topological polar surface area (TPSA) is 66.5 Å². The number of nitrogens with two attached hydrogens (primary N) is 1. The Balaban J connectivity index is 2.79. The van der Waals surface area contributed by atoms with Crippen LogP contribution in [0, 0.1) is 0 Å². The summed E-state index contributed by atoms with van der Waals surface area (Å²) in [6.07, 6.45) is 0.504. The summed E-state index contributed by atoms with van der Waals surface area (Å²) in [7, 11) is 0. The van der Waals surface area contributed by atoms with E-state index in [0.717, 1.165) is 4.47 Å². The normalized spacial score (nSPS) is 12.8. The Morgan fingerprint density at radius 1 is 1.43 bits per heavy atom. The molecule has 0 aliphatic heterocycles. The predicted molar refractivity (Wildman–Crippen MR) is 59.8 cm³/mol. The second-order valence-electron chi connectivity index (χ2n) is 3.12. The molecule has 3 nitrogen and oxygen atoms in total. The lowest BCUT2D eigenvalue weighted by Gasteiger charge is -2.13. The molecule has 0 spiro atoms. The van der Waals surface area contributed by atoms with Gasteiger partial charge >= 0.3 is 0 Å². The van der Waals surface area contributed by atoms with Crippen molar-refractivity contribution in [2.75, 3.05) is 12.3 Å². The fraction of sp³-hybridized carbons (Fsp3) is 0.400. The summed E-state index contributed by atoms with van der Waals surface area (Å²) in [6, 6.07) is 5.46. The van der Waals surface area contributed by atoms with Crippen molar-refractivity contribution >= 4 is 21.6 Å². The molecular formula is C10H14BrNO2. The van der Waals surface area contributed by atoms with Crippen LogP contribution in [0.5, 0.6) is 0 Å². The van der Waals surface area contributed by atoms with Crippen molar-refractivity contribution in [2.45, 2.75) is 18.9 Å². The molecule has 14 heavy (non-hydrogen) atoms. The number of nitrogen functional groups attached to an aromatic ring is 1. The Hall–Kier alpha value is -0.580. The van der Waals surface area contributed by atoms with E-state index in [1.54, 1.807) is 6.07 Å². The van der Waals surface area contributed by atoms with Gasteiger partial charge in [-0.3, -0.25) is 0 Å². The quantitative estimate of drug-likeness (QED) is 0.723. The first-order valence-electron chi connectivity index (χ1n) is 4.49. The fourth-order valence-corrected chi connectivity index (χ4v) is 1.67. The molecule has 0 bridgehead atoms. The fourth-order valence-electron chi connectivity index (χ4n) is 1.28. The molecule has 1 aromatic rings. The highest BCUT2D eigenvalue weighted by atomic mass is 79.9. The number of aliphatic hydroxyl groups is 2. The summed E-state index contributed by atoms with van der Waals surface area (Å²) < 4.78 is 0.790. The number of aliphatic hydroxyl groups excluding tert-OH is 2. The zero-order valence-corrected chi connectivity index (χ0v) is 9.37. The monoisotopic (exact) mass is 259 g/mol. The lowest BCUT2D eigenvalue weighted by atomic mass is 10.0. The summed E-state index contributed by atoms with van der Waals surface area (Å²) >= 11 is 3.30. The number of benzene rings is 1. The van der Waals surface area contributed by atoms with Crippen LogP contribution in [0.3, 0.4) is 0 Å². The number of halogens is 1. The highest BCUT2D eigenvalue weighted by Gasteiger charge is 2.11. The smallest absolute Gasteiger partial charge is 0.0811 e. The van der Waals surface area contributed by atoms with Gasteiger partial charge in [0.1, 0.15) is 0 Å². The van der Waals surface area contributed by atoms with E-state index in [1.807, 2.05) is 12.1 Å². The zero-order valence-electron chi connectivity index (χ0n) is 7.78. The molecule has 1 aromatic carbocycles. The standard InChI is InChI=1S/C10H14BrNO2/c11-8-4-1-3-7(10(8)12)9(14)5-2-6-13/h1,3-4,9,13-14H,2,5-6,12H2. The van der Waals surface area contributed by atoms with Gasteiger partial charge in [0.2, 0.25) is 0 Å². The molecular weight excluding hydrogens is 246 g/mol. The van der Waals surface area contributed by atoms with Crippen molar-refractivity contribution < 1.29 is 10.2 Å². The summed E-state index contributed by atoms with van der Waals surface area (Å²) in [5.41, 5.74) is 7.07. The number of para-hydroxylation sites is 1. The Morgan fingerprint density at radius 2 is 2.14 bits per heavy atom. The van der Waals surface area contributed by atoms with Crippen LogP contribution in [0.1, 0.15) is 24.5 Å². The highest BCUT2D eigenvalue weighted by Crippen LogP contribution is 2.29. The molecule has 4 heteroatoms. The van der Waals surface area contributed by atoms with Crippen LogP contribution < -0.4 is 5.73 Å². The van der Waals surface area contributed by atoms with E-state index in [0.29, 0.717) is 24.1 Å². The molecule has 0 heterocycles. The van der Waals surface area contributed by atoms with Crippen LogP contribution in [-0.4, -0.2) is 16.8 Å². The van der Waals surface area contributed by atoms with E-state index in [-0.39, 0.29) is 6.61 Å². The molecule has 0 aromatic heterocycles. The third-order valence-corrected chi connectivity index (χ3v) is 2.77. The first kappa shape index (κ1) is 11.5. The minimum atomic E-state index is -0.598. The van der Waals surface area contributed by atoms with Gasteiger partial charge in [-0.05, 0) is 34.8 Å². The van der Waals surface area contributed by atoms with E-state index in [1.165, 1.54) is 0 Å². The Kier molecular flexibility index (Phi) is 4.38. The van der Waals surface area contributed by atoms with Crippen molar-refractivity contribution in [2.24, 2.45) is 0 Å². The van der Waals surface area contributed by atoms with E-state index in [9.17, 15) is 5.11 Å². The van der Waals surface area contributed by atoms with Crippen LogP contribution in [0.4, 0.5) is 5.69 Å². The van der Waals surface area contributed by atoms with Crippen molar-refractivity contribution in [1.29, 1.82) is 0 Å². The predicted octanol–water partition coefficient (Wildman–Crippen LogP) is 1.84. The van der Waals surface area contributed by atoms with Crippen LogP contribution in [0.25, 0.3) is 0 Å². The van der Waals surface area contributed by atoms with E-state index in [4.69, 9.17) is 10.8 Å². The lowest BCUT2D eigenvalue weighted by molar-refractivity contribution is 0.152. The third kappa shape index (κ3) is 2.70. The van der Waals surface area contributed by atoms with Gasteiger partial charge in [0, 0.05) is 16.6 Å². The lowest BCUT2D eigenvalue weighted by Crippen LogP contribution is -2.03. The van der Waals surface area contributed by atoms with E-state index >= 15 is 0 Å². The number of anilines is 1. The first-order valence-corrected chi connectivity index (χ1v) is 5.29. The Labute approximate surface area is 91.7 Å². The van der Waals surface area contributed by atoms with Crippen molar-refractivity contribution in [3.8, 4) is 0 Å². The maximum Gasteiger partial charge on any atom is 0.0811 e. The van der Waals surface area contributed by atoms with Crippen LogP contribution in [0.2, 0.25) is 0 Å². The molecule has 0 saturated carbocycles. The van der Waals surface area contributed by atoms with Crippen molar-refractivity contribution in [3.05, 3.63) is 28.2 Å². The van der Waals surface area contributed by atoms with Crippen LogP contribution in [-0.2, 0) is 0 Å². The van der Waals surface area contributed by atoms with Gasteiger partial charge in [-0.25, -0.2) is 0 Å². The first-order chi connectivity index (χ1) is 6.66. The molecule has 0 aliphatic rings. The van der Waals surface area contributed by atoms with Gasteiger partial charge in [-0.15, -0.1) is 0 Å². The molecule has 0 fully saturated rings. The maximum absolute atomic E-state index is 9.74. The van der Waals surface area contributed by atoms with E-state index < -0.39 is 6.10 Å². The van der Waals surface area contributed by atoms with Crippen LogP contribution >= 0.6 is 15.9 Å². The van der Waals surface area contributed by atoms with E-state index in [2.05, 4.69) is 15.9 Å². The van der Waals surface area contributed by atoms with Gasteiger partial charge in [0.15, 0.2) is 0 Å². The SMILES string of the molecule is Nc1c(Br)cccc1C(O)CCCO. The average molecular weight is 260 g/mol. The molecule has 1 rings (SSSR count). The average Bonchev–Trinajstić information content (AvgIpc) is 2.18. The summed E-state index contributed by atoms with van der Waals surface area (Å²) in [5.74, 6) is 0. The molecule has 4 N–H and O–H groups in total. The third-order valence-electron chi connectivity index (χ3n) is 2.08. The minimum absolute atomic E-state index is 0.0883. The van der Waals surface area contributed by atoms with Crippen molar-refractivity contribution in [1.82, 2.24) is 0 Å². The Bertz CT molecular complexity index is 304.